The number of carbonyl (C=O) groups is 3. The van der Waals surface area contributed by atoms with E-state index in [0.29, 0.717) is 12.2 Å². The summed E-state index contributed by atoms with van der Waals surface area (Å²) in [6.07, 6.45) is 0.267. The SMILES string of the molecule is O=C1[C@H](Cc2ccccc2)N(C(=O)c2cc3ccccc3[nH]2)C(=O)CN1Cc1ccccc1. The fourth-order valence-corrected chi connectivity index (χ4v) is 4.34. The third kappa shape index (κ3) is 4.15. The highest BCUT2D eigenvalue weighted by Gasteiger charge is 2.43. The number of para-hydroxylation sites is 1. The van der Waals surface area contributed by atoms with Crippen LogP contribution < -0.4 is 0 Å². The monoisotopic (exact) mass is 437 g/mol. The van der Waals surface area contributed by atoms with Gasteiger partial charge in [0.25, 0.3) is 5.91 Å². The van der Waals surface area contributed by atoms with Gasteiger partial charge in [0, 0.05) is 23.9 Å². The summed E-state index contributed by atoms with van der Waals surface area (Å²) in [5, 5.41) is 0.877. The van der Waals surface area contributed by atoms with Gasteiger partial charge in [0.1, 0.15) is 18.3 Å². The van der Waals surface area contributed by atoms with E-state index in [-0.39, 0.29) is 24.8 Å². The van der Waals surface area contributed by atoms with E-state index < -0.39 is 11.9 Å². The molecule has 2 heterocycles. The fourth-order valence-electron chi connectivity index (χ4n) is 4.34. The first kappa shape index (κ1) is 20.7. The number of amides is 3. The van der Waals surface area contributed by atoms with E-state index in [0.717, 1.165) is 26.9 Å². The number of rotatable bonds is 5. The largest absolute Gasteiger partial charge is 0.351 e. The smallest absolute Gasteiger partial charge is 0.277 e. The van der Waals surface area contributed by atoms with E-state index in [9.17, 15) is 14.4 Å². The molecule has 164 valence electrons. The predicted octanol–water partition coefficient (Wildman–Crippen LogP) is 3.79. The summed E-state index contributed by atoms with van der Waals surface area (Å²) in [6, 6.07) is 27.4. The van der Waals surface area contributed by atoms with E-state index in [4.69, 9.17) is 0 Å². The second kappa shape index (κ2) is 8.74. The first-order valence-corrected chi connectivity index (χ1v) is 10.9. The summed E-state index contributed by atoms with van der Waals surface area (Å²) < 4.78 is 0. The third-order valence-electron chi connectivity index (χ3n) is 5.97. The predicted molar refractivity (Wildman–Crippen MR) is 125 cm³/mol. The van der Waals surface area contributed by atoms with Crippen LogP contribution >= 0.6 is 0 Å². The van der Waals surface area contributed by atoms with Gasteiger partial charge in [-0.15, -0.1) is 0 Å². The van der Waals surface area contributed by atoms with E-state index >= 15 is 0 Å². The molecule has 1 saturated heterocycles. The molecule has 0 spiro atoms. The molecule has 1 fully saturated rings. The Balaban J connectivity index is 1.48. The Morgan fingerprint density at radius 2 is 1.48 bits per heavy atom. The van der Waals surface area contributed by atoms with Gasteiger partial charge in [0.05, 0.1) is 0 Å². The molecule has 1 N–H and O–H groups in total. The van der Waals surface area contributed by atoms with Crippen LogP contribution in [0.3, 0.4) is 0 Å². The van der Waals surface area contributed by atoms with Crippen molar-refractivity contribution in [3.63, 3.8) is 0 Å². The average Bonchev–Trinajstić information content (AvgIpc) is 3.28. The normalized spacial score (nSPS) is 16.4. The Hall–Kier alpha value is -4.19. The molecule has 1 aliphatic rings. The van der Waals surface area contributed by atoms with E-state index in [2.05, 4.69) is 4.98 Å². The van der Waals surface area contributed by atoms with Crippen molar-refractivity contribution in [3.05, 3.63) is 108 Å². The van der Waals surface area contributed by atoms with Crippen molar-refractivity contribution in [2.24, 2.45) is 0 Å². The molecule has 0 saturated carbocycles. The van der Waals surface area contributed by atoms with E-state index in [1.54, 1.807) is 11.0 Å². The van der Waals surface area contributed by atoms with Crippen molar-refractivity contribution in [2.75, 3.05) is 6.54 Å². The van der Waals surface area contributed by atoms with Crippen LogP contribution in [-0.2, 0) is 22.6 Å². The molecule has 33 heavy (non-hydrogen) atoms. The number of fused-ring (bicyclic) bond motifs is 1. The number of hydrogen-bond donors (Lipinski definition) is 1. The standard InChI is InChI=1S/C27H23N3O3/c31-25-18-29(17-20-11-5-2-6-12-20)27(33)24(15-19-9-3-1-4-10-19)30(25)26(32)23-16-21-13-7-8-14-22(21)28-23/h1-14,16,24,28H,15,17-18H2/t24-/m0/s1. The highest BCUT2D eigenvalue weighted by molar-refractivity contribution is 6.11. The number of benzene rings is 3. The molecule has 4 aromatic rings. The molecule has 0 radical (unpaired) electrons. The maximum absolute atomic E-state index is 13.6. The second-order valence-electron chi connectivity index (χ2n) is 8.22. The second-order valence-corrected chi connectivity index (χ2v) is 8.22. The molecule has 0 bridgehead atoms. The van der Waals surface area contributed by atoms with Gasteiger partial charge in [-0.1, -0.05) is 78.9 Å². The van der Waals surface area contributed by atoms with Gasteiger partial charge in [-0.25, -0.2) is 0 Å². The Labute approximate surface area is 191 Å². The zero-order valence-electron chi connectivity index (χ0n) is 18.0. The van der Waals surface area contributed by atoms with Crippen molar-refractivity contribution < 1.29 is 14.4 Å². The number of hydrogen-bond acceptors (Lipinski definition) is 3. The molecule has 5 rings (SSSR count). The lowest BCUT2D eigenvalue weighted by Crippen LogP contribution is -2.62. The molecular weight excluding hydrogens is 414 g/mol. The Bertz CT molecular complexity index is 1280. The summed E-state index contributed by atoms with van der Waals surface area (Å²) in [7, 11) is 0. The topological polar surface area (TPSA) is 73.5 Å². The zero-order chi connectivity index (χ0) is 22.8. The fraction of sp³-hybridized carbons (Fsp3) is 0.148. The molecule has 0 aliphatic carbocycles. The number of imide groups is 1. The first-order chi connectivity index (χ1) is 16.1. The number of carbonyl (C=O) groups excluding carboxylic acids is 3. The minimum atomic E-state index is -0.906. The summed E-state index contributed by atoms with van der Waals surface area (Å²) in [5.74, 6) is -1.09. The number of nitrogens with zero attached hydrogens (tertiary/aromatic N) is 2. The van der Waals surface area contributed by atoms with Gasteiger partial charge in [-0.2, -0.15) is 0 Å². The number of piperazine rings is 1. The molecule has 0 unspecified atom stereocenters. The zero-order valence-corrected chi connectivity index (χ0v) is 18.0. The lowest BCUT2D eigenvalue weighted by molar-refractivity contribution is -0.153. The summed E-state index contributed by atoms with van der Waals surface area (Å²) in [6.45, 7) is 0.191. The van der Waals surface area contributed by atoms with Crippen LogP contribution in [0.5, 0.6) is 0 Å². The summed E-state index contributed by atoms with van der Waals surface area (Å²) in [4.78, 5) is 46.1. The molecule has 3 amide bonds. The Kier molecular flexibility index (Phi) is 5.48. The van der Waals surface area contributed by atoms with Crippen molar-refractivity contribution in [1.82, 2.24) is 14.8 Å². The van der Waals surface area contributed by atoms with E-state index in [1.165, 1.54) is 0 Å². The summed E-state index contributed by atoms with van der Waals surface area (Å²) >= 11 is 0. The molecule has 1 atom stereocenters. The minimum absolute atomic E-state index is 0.134. The Morgan fingerprint density at radius 3 is 2.18 bits per heavy atom. The van der Waals surface area contributed by atoms with Crippen LogP contribution in [0.2, 0.25) is 0 Å². The van der Waals surface area contributed by atoms with Crippen LogP contribution in [0, 0.1) is 0 Å². The number of nitrogens with one attached hydrogen (secondary N) is 1. The van der Waals surface area contributed by atoms with Crippen LogP contribution in [-0.4, -0.2) is 45.1 Å². The lowest BCUT2D eigenvalue weighted by atomic mass is 10.00. The maximum atomic E-state index is 13.6. The van der Waals surface area contributed by atoms with Crippen LogP contribution in [0.4, 0.5) is 0 Å². The number of aromatic amines is 1. The number of H-pyrrole nitrogens is 1. The molecule has 1 aliphatic heterocycles. The van der Waals surface area contributed by atoms with Crippen LogP contribution in [0.1, 0.15) is 21.6 Å². The highest BCUT2D eigenvalue weighted by atomic mass is 16.2. The average molecular weight is 437 g/mol. The van der Waals surface area contributed by atoms with Gasteiger partial charge in [0.2, 0.25) is 11.8 Å². The Morgan fingerprint density at radius 1 is 0.848 bits per heavy atom. The molecule has 1 aromatic heterocycles. The minimum Gasteiger partial charge on any atom is -0.351 e. The van der Waals surface area contributed by atoms with Crippen molar-refractivity contribution in [1.29, 1.82) is 0 Å². The van der Waals surface area contributed by atoms with Crippen molar-refractivity contribution in [2.45, 2.75) is 19.0 Å². The third-order valence-corrected chi connectivity index (χ3v) is 5.97. The number of aromatic nitrogens is 1. The lowest BCUT2D eigenvalue weighted by Gasteiger charge is -2.39. The van der Waals surface area contributed by atoms with Gasteiger partial charge in [0.15, 0.2) is 0 Å². The van der Waals surface area contributed by atoms with Crippen molar-refractivity contribution in [3.8, 4) is 0 Å². The summed E-state index contributed by atoms with van der Waals surface area (Å²) in [5.41, 5.74) is 2.93. The van der Waals surface area contributed by atoms with Gasteiger partial charge < -0.3 is 9.88 Å². The molecule has 6 heteroatoms. The van der Waals surface area contributed by atoms with Crippen LogP contribution in [0.25, 0.3) is 10.9 Å². The first-order valence-electron chi connectivity index (χ1n) is 10.9. The van der Waals surface area contributed by atoms with Gasteiger partial charge >= 0.3 is 0 Å². The van der Waals surface area contributed by atoms with Gasteiger partial charge in [-0.3, -0.25) is 19.3 Å². The quantitative estimate of drug-likeness (QED) is 0.483. The van der Waals surface area contributed by atoms with Gasteiger partial charge in [-0.05, 0) is 23.3 Å². The molecule has 6 nitrogen and oxygen atoms in total. The molecule has 3 aromatic carbocycles. The maximum Gasteiger partial charge on any atom is 0.277 e. The highest BCUT2D eigenvalue weighted by Crippen LogP contribution is 2.23. The van der Waals surface area contributed by atoms with Crippen LogP contribution in [0.15, 0.2) is 91.0 Å². The molecular formula is C27H23N3O3. The van der Waals surface area contributed by atoms with E-state index in [1.807, 2.05) is 84.9 Å². The van der Waals surface area contributed by atoms with Crippen molar-refractivity contribution >= 4 is 28.6 Å².